The van der Waals surface area contributed by atoms with Crippen molar-refractivity contribution in [3.63, 3.8) is 0 Å². The number of aliphatic hydroxyl groups is 1. The van der Waals surface area contributed by atoms with Gasteiger partial charge in [-0.15, -0.1) is 0 Å². The van der Waals surface area contributed by atoms with Crippen LogP contribution in [0.5, 0.6) is 0 Å². The van der Waals surface area contributed by atoms with E-state index in [0.29, 0.717) is 17.5 Å². The summed E-state index contributed by atoms with van der Waals surface area (Å²) in [6.07, 6.45) is 1.90. The third-order valence-corrected chi connectivity index (χ3v) is 2.99. The Balaban J connectivity index is 2.90. The number of methoxy groups -OCH3 is 1. The van der Waals surface area contributed by atoms with Crippen molar-refractivity contribution in [2.75, 3.05) is 7.11 Å². The van der Waals surface area contributed by atoms with Gasteiger partial charge in [0.15, 0.2) is 0 Å². The van der Waals surface area contributed by atoms with Crippen molar-refractivity contribution in [2.45, 2.75) is 38.3 Å². The molecular weight excluding hydrogens is 230 g/mol. The molecule has 0 aromatic heterocycles. The molecule has 0 aliphatic heterocycles. The Hall–Kier alpha value is -1.39. The van der Waals surface area contributed by atoms with Crippen LogP contribution in [-0.4, -0.2) is 24.3 Å². The van der Waals surface area contributed by atoms with Crippen LogP contribution in [0.3, 0.4) is 0 Å². The maximum Gasteiger partial charge on any atom is 0.338 e. The number of benzene rings is 1. The summed E-state index contributed by atoms with van der Waals surface area (Å²) in [5, 5.41) is 10.0. The molecule has 0 unspecified atom stereocenters. The van der Waals surface area contributed by atoms with Crippen LogP contribution in [0.1, 0.15) is 48.1 Å². The van der Waals surface area contributed by atoms with E-state index in [1.807, 2.05) is 0 Å². The third kappa shape index (κ3) is 3.55. The van der Waals surface area contributed by atoms with Crippen molar-refractivity contribution in [2.24, 2.45) is 5.73 Å². The summed E-state index contributed by atoms with van der Waals surface area (Å²) < 4.78 is 4.71. The summed E-state index contributed by atoms with van der Waals surface area (Å²) in [5.41, 5.74) is 7.07. The molecule has 4 heteroatoms. The second kappa shape index (κ2) is 7.13. The van der Waals surface area contributed by atoms with Crippen LogP contribution >= 0.6 is 0 Å². The highest BCUT2D eigenvalue weighted by Gasteiger charge is 2.21. The van der Waals surface area contributed by atoms with E-state index in [0.717, 1.165) is 12.8 Å². The number of esters is 1. The number of nitrogens with two attached hydrogens (primary N) is 1. The van der Waals surface area contributed by atoms with E-state index in [4.69, 9.17) is 10.5 Å². The molecule has 3 N–H and O–H groups in total. The van der Waals surface area contributed by atoms with E-state index < -0.39 is 18.1 Å². The first-order chi connectivity index (χ1) is 8.61. The van der Waals surface area contributed by atoms with Crippen LogP contribution in [0.25, 0.3) is 0 Å². The van der Waals surface area contributed by atoms with Gasteiger partial charge in [-0.3, -0.25) is 0 Å². The summed E-state index contributed by atoms with van der Waals surface area (Å²) >= 11 is 0. The fourth-order valence-corrected chi connectivity index (χ4v) is 1.88. The van der Waals surface area contributed by atoms with Crippen molar-refractivity contribution < 1.29 is 14.6 Å². The van der Waals surface area contributed by atoms with Crippen molar-refractivity contribution in [3.05, 3.63) is 35.4 Å². The van der Waals surface area contributed by atoms with Gasteiger partial charge in [-0.2, -0.15) is 0 Å². The first kappa shape index (κ1) is 14.7. The molecule has 0 radical (unpaired) electrons. The average Bonchev–Trinajstić information content (AvgIpc) is 2.43. The summed E-state index contributed by atoms with van der Waals surface area (Å²) in [6.45, 7) is 2.06. The zero-order valence-corrected chi connectivity index (χ0v) is 10.9. The number of hydrogen-bond acceptors (Lipinski definition) is 4. The molecule has 0 spiro atoms. The SMILES string of the molecule is CCCC[C@H](O)[C@H](N)c1ccccc1C(=O)OC. The first-order valence-electron chi connectivity index (χ1n) is 6.22. The third-order valence-electron chi connectivity index (χ3n) is 2.99. The number of hydrogen-bond donors (Lipinski definition) is 2. The van der Waals surface area contributed by atoms with Crippen molar-refractivity contribution >= 4 is 5.97 Å². The largest absolute Gasteiger partial charge is 0.465 e. The molecule has 1 aromatic carbocycles. The van der Waals surface area contributed by atoms with Crippen LogP contribution in [0.4, 0.5) is 0 Å². The molecule has 0 aliphatic carbocycles. The summed E-state index contributed by atoms with van der Waals surface area (Å²) in [5.74, 6) is -0.427. The lowest BCUT2D eigenvalue weighted by Crippen LogP contribution is -2.28. The number of aliphatic hydroxyl groups excluding tert-OH is 1. The van der Waals surface area contributed by atoms with Gasteiger partial charge in [-0.25, -0.2) is 4.79 Å². The molecule has 2 atom stereocenters. The van der Waals surface area contributed by atoms with Gasteiger partial charge in [0.05, 0.1) is 24.8 Å². The lowest BCUT2D eigenvalue weighted by molar-refractivity contribution is 0.0596. The van der Waals surface area contributed by atoms with Gasteiger partial charge in [-0.1, -0.05) is 38.0 Å². The number of unbranched alkanes of at least 4 members (excludes halogenated alkanes) is 1. The average molecular weight is 251 g/mol. The molecule has 0 saturated heterocycles. The normalized spacial score (nSPS) is 14.0. The van der Waals surface area contributed by atoms with Crippen molar-refractivity contribution in [1.29, 1.82) is 0 Å². The Morgan fingerprint density at radius 2 is 2.11 bits per heavy atom. The Bertz CT molecular complexity index is 392. The summed E-state index contributed by atoms with van der Waals surface area (Å²) in [6, 6.07) is 6.40. The molecular formula is C14H21NO3. The monoisotopic (exact) mass is 251 g/mol. The lowest BCUT2D eigenvalue weighted by atomic mass is 9.94. The maximum atomic E-state index is 11.6. The molecule has 0 amide bonds. The molecule has 0 heterocycles. The van der Waals surface area contributed by atoms with Crippen LogP contribution in [-0.2, 0) is 4.74 Å². The van der Waals surface area contributed by atoms with Crippen molar-refractivity contribution in [3.8, 4) is 0 Å². The van der Waals surface area contributed by atoms with Crippen LogP contribution in [0, 0.1) is 0 Å². The number of ether oxygens (including phenoxy) is 1. The van der Waals surface area contributed by atoms with Gasteiger partial charge in [0.25, 0.3) is 0 Å². The van der Waals surface area contributed by atoms with Gasteiger partial charge < -0.3 is 15.6 Å². The van der Waals surface area contributed by atoms with Gasteiger partial charge in [0.2, 0.25) is 0 Å². The van der Waals surface area contributed by atoms with Crippen molar-refractivity contribution in [1.82, 2.24) is 0 Å². The number of rotatable bonds is 6. The van der Waals surface area contributed by atoms with E-state index in [1.165, 1.54) is 7.11 Å². The maximum absolute atomic E-state index is 11.6. The molecule has 18 heavy (non-hydrogen) atoms. The van der Waals surface area contributed by atoms with Gasteiger partial charge in [-0.05, 0) is 18.1 Å². The zero-order valence-electron chi connectivity index (χ0n) is 10.9. The fourth-order valence-electron chi connectivity index (χ4n) is 1.88. The minimum atomic E-state index is -0.643. The van der Waals surface area contributed by atoms with E-state index in [2.05, 4.69) is 6.92 Å². The van der Waals surface area contributed by atoms with Gasteiger partial charge >= 0.3 is 5.97 Å². The fraction of sp³-hybridized carbons (Fsp3) is 0.500. The quantitative estimate of drug-likeness (QED) is 0.759. The van der Waals surface area contributed by atoms with Gasteiger partial charge in [0.1, 0.15) is 0 Å². The second-order valence-electron chi connectivity index (χ2n) is 4.31. The molecule has 0 aliphatic rings. The zero-order chi connectivity index (χ0) is 13.5. The summed E-state index contributed by atoms with van der Waals surface area (Å²) in [7, 11) is 1.33. The van der Waals surface area contributed by atoms with Crippen LogP contribution < -0.4 is 5.73 Å². The molecule has 0 fully saturated rings. The molecule has 0 saturated carbocycles. The highest BCUT2D eigenvalue weighted by Crippen LogP contribution is 2.22. The van der Waals surface area contributed by atoms with E-state index >= 15 is 0 Å². The van der Waals surface area contributed by atoms with E-state index in [9.17, 15) is 9.90 Å². The van der Waals surface area contributed by atoms with Crippen LogP contribution in [0.15, 0.2) is 24.3 Å². The second-order valence-corrected chi connectivity index (χ2v) is 4.31. The Morgan fingerprint density at radius 3 is 2.72 bits per heavy atom. The topological polar surface area (TPSA) is 72.5 Å². The molecule has 1 aromatic rings. The Morgan fingerprint density at radius 1 is 1.44 bits per heavy atom. The Kier molecular flexibility index (Phi) is 5.82. The molecule has 1 rings (SSSR count). The van der Waals surface area contributed by atoms with E-state index in [1.54, 1.807) is 24.3 Å². The van der Waals surface area contributed by atoms with E-state index in [-0.39, 0.29) is 0 Å². The minimum absolute atomic E-state index is 0.419. The molecule has 0 bridgehead atoms. The Labute approximate surface area is 108 Å². The standard InChI is InChI=1S/C14H21NO3/c1-3-4-9-12(16)13(15)10-7-5-6-8-11(10)14(17)18-2/h5-8,12-13,16H,3-4,9,15H2,1-2H3/t12-,13+/m0/s1. The lowest BCUT2D eigenvalue weighted by Gasteiger charge is -2.21. The highest BCUT2D eigenvalue weighted by molar-refractivity contribution is 5.91. The first-order valence-corrected chi connectivity index (χ1v) is 6.22. The smallest absolute Gasteiger partial charge is 0.338 e. The molecule has 100 valence electrons. The number of carbonyl (C=O) groups is 1. The predicted molar refractivity (Wildman–Crippen MR) is 70.2 cm³/mol. The van der Waals surface area contributed by atoms with Crippen LogP contribution in [0.2, 0.25) is 0 Å². The summed E-state index contributed by atoms with van der Waals surface area (Å²) in [4.78, 5) is 11.6. The highest BCUT2D eigenvalue weighted by atomic mass is 16.5. The predicted octanol–water partition coefficient (Wildman–Crippen LogP) is 2.02. The van der Waals surface area contributed by atoms with Gasteiger partial charge in [0, 0.05) is 0 Å². The minimum Gasteiger partial charge on any atom is -0.465 e. The molecule has 4 nitrogen and oxygen atoms in total. The number of carbonyl (C=O) groups excluding carboxylic acids is 1.